The molecular weight excluding hydrogens is 270 g/mol. The van der Waals surface area contributed by atoms with Crippen LogP contribution in [0.1, 0.15) is 18.9 Å². The Morgan fingerprint density at radius 3 is 2.52 bits per heavy atom. The summed E-state index contributed by atoms with van der Waals surface area (Å²) in [5.41, 5.74) is 1.11. The Balaban J connectivity index is 2.50. The monoisotopic (exact) mass is 297 g/mol. The van der Waals surface area contributed by atoms with Gasteiger partial charge in [0, 0.05) is 25.3 Å². The molecule has 0 fully saturated rings. The summed E-state index contributed by atoms with van der Waals surface area (Å²) in [6.07, 6.45) is 0.988. The second-order valence-electron chi connectivity index (χ2n) is 4.60. The van der Waals surface area contributed by atoms with Gasteiger partial charge in [0.1, 0.15) is 18.1 Å². The van der Waals surface area contributed by atoms with Gasteiger partial charge in [-0.05, 0) is 19.5 Å². The van der Waals surface area contributed by atoms with Gasteiger partial charge in [-0.15, -0.1) is 0 Å². The molecule has 5 heteroatoms. The first kappa shape index (κ1) is 17.8. The molecule has 1 aromatic rings. The van der Waals surface area contributed by atoms with Crippen LogP contribution < -0.4 is 14.8 Å². The molecular formula is C16H27NO4. The van der Waals surface area contributed by atoms with E-state index < -0.39 is 0 Å². The highest BCUT2D eigenvalue weighted by atomic mass is 16.5. The lowest BCUT2D eigenvalue weighted by Crippen LogP contribution is -2.12. The van der Waals surface area contributed by atoms with Crippen molar-refractivity contribution in [2.75, 3.05) is 47.2 Å². The second kappa shape index (κ2) is 11.4. The van der Waals surface area contributed by atoms with Crippen molar-refractivity contribution in [1.29, 1.82) is 0 Å². The highest BCUT2D eigenvalue weighted by Crippen LogP contribution is 2.25. The van der Waals surface area contributed by atoms with Crippen LogP contribution in [-0.2, 0) is 16.0 Å². The van der Waals surface area contributed by atoms with Crippen molar-refractivity contribution in [2.45, 2.75) is 19.9 Å². The lowest BCUT2D eigenvalue weighted by molar-refractivity contribution is 0.0542. The summed E-state index contributed by atoms with van der Waals surface area (Å²) in [6, 6.07) is 5.95. The molecule has 0 unspecified atom stereocenters. The first-order valence-corrected chi connectivity index (χ1v) is 7.41. The zero-order valence-corrected chi connectivity index (χ0v) is 13.3. The van der Waals surface area contributed by atoms with Crippen molar-refractivity contribution in [3.05, 3.63) is 23.8 Å². The van der Waals surface area contributed by atoms with E-state index in [1.54, 1.807) is 7.11 Å². The van der Waals surface area contributed by atoms with E-state index in [0.717, 1.165) is 30.0 Å². The minimum Gasteiger partial charge on any atom is -0.493 e. The molecule has 0 aliphatic carbocycles. The quantitative estimate of drug-likeness (QED) is 0.600. The molecule has 5 nitrogen and oxygen atoms in total. The summed E-state index contributed by atoms with van der Waals surface area (Å²) in [6.45, 7) is 5.80. The molecule has 1 N–H and O–H groups in total. The molecule has 0 heterocycles. The molecule has 0 saturated carbocycles. The third kappa shape index (κ3) is 7.32. The van der Waals surface area contributed by atoms with E-state index in [1.807, 2.05) is 25.2 Å². The van der Waals surface area contributed by atoms with Gasteiger partial charge < -0.3 is 24.3 Å². The number of methoxy groups -OCH3 is 1. The lowest BCUT2D eigenvalue weighted by Gasteiger charge is -2.14. The van der Waals surface area contributed by atoms with Crippen molar-refractivity contribution in [2.24, 2.45) is 0 Å². The molecule has 21 heavy (non-hydrogen) atoms. The normalized spacial score (nSPS) is 10.6. The SMILES string of the molecule is CCCOc1ccc(CNC)c(OCCOCCOC)c1. The number of hydrogen-bond donors (Lipinski definition) is 1. The maximum absolute atomic E-state index is 5.80. The van der Waals surface area contributed by atoms with Crippen molar-refractivity contribution in [1.82, 2.24) is 5.32 Å². The van der Waals surface area contributed by atoms with E-state index in [0.29, 0.717) is 33.0 Å². The third-order valence-corrected chi connectivity index (χ3v) is 2.80. The smallest absolute Gasteiger partial charge is 0.127 e. The van der Waals surface area contributed by atoms with Gasteiger partial charge in [0.05, 0.1) is 26.4 Å². The predicted octanol–water partition coefficient (Wildman–Crippen LogP) is 2.24. The molecule has 120 valence electrons. The summed E-state index contributed by atoms with van der Waals surface area (Å²) in [4.78, 5) is 0. The van der Waals surface area contributed by atoms with Crippen LogP contribution >= 0.6 is 0 Å². The van der Waals surface area contributed by atoms with E-state index in [4.69, 9.17) is 18.9 Å². The van der Waals surface area contributed by atoms with Gasteiger partial charge in [-0.25, -0.2) is 0 Å². The standard InChI is InChI=1S/C16H27NO4/c1-4-7-20-15-6-5-14(13-17-2)16(12-15)21-11-10-19-9-8-18-3/h5-6,12,17H,4,7-11,13H2,1-3H3. The number of hydrogen-bond acceptors (Lipinski definition) is 5. The number of benzene rings is 1. The van der Waals surface area contributed by atoms with Gasteiger partial charge in [0.25, 0.3) is 0 Å². The number of nitrogens with one attached hydrogen (secondary N) is 1. The fourth-order valence-corrected chi connectivity index (χ4v) is 1.77. The molecule has 0 amide bonds. The Labute approximate surface area is 127 Å². The fraction of sp³-hybridized carbons (Fsp3) is 0.625. The molecule has 0 saturated heterocycles. The molecule has 1 aromatic carbocycles. The Morgan fingerprint density at radius 2 is 1.81 bits per heavy atom. The minimum atomic E-state index is 0.512. The molecule has 0 radical (unpaired) electrons. The second-order valence-corrected chi connectivity index (χ2v) is 4.60. The average Bonchev–Trinajstić information content (AvgIpc) is 2.50. The van der Waals surface area contributed by atoms with Crippen molar-refractivity contribution < 1.29 is 18.9 Å². The van der Waals surface area contributed by atoms with Crippen LogP contribution in [0.25, 0.3) is 0 Å². The molecule has 0 spiro atoms. The van der Waals surface area contributed by atoms with Crippen LogP contribution in [0.4, 0.5) is 0 Å². The number of rotatable bonds is 12. The summed E-state index contributed by atoms with van der Waals surface area (Å²) in [5.74, 6) is 1.68. The zero-order valence-electron chi connectivity index (χ0n) is 13.3. The van der Waals surface area contributed by atoms with Gasteiger partial charge in [-0.2, -0.15) is 0 Å². The van der Waals surface area contributed by atoms with Gasteiger partial charge in [-0.1, -0.05) is 13.0 Å². The van der Waals surface area contributed by atoms with Crippen LogP contribution in [0, 0.1) is 0 Å². The van der Waals surface area contributed by atoms with E-state index in [1.165, 1.54) is 0 Å². The molecule has 0 atom stereocenters. The first-order chi connectivity index (χ1) is 10.3. The van der Waals surface area contributed by atoms with E-state index in [2.05, 4.69) is 12.2 Å². The van der Waals surface area contributed by atoms with Crippen LogP contribution in [0.2, 0.25) is 0 Å². The maximum Gasteiger partial charge on any atom is 0.127 e. The molecule has 0 aliphatic heterocycles. The van der Waals surface area contributed by atoms with Gasteiger partial charge in [-0.3, -0.25) is 0 Å². The van der Waals surface area contributed by atoms with Crippen LogP contribution in [-0.4, -0.2) is 47.2 Å². The van der Waals surface area contributed by atoms with Gasteiger partial charge in [0.2, 0.25) is 0 Å². The van der Waals surface area contributed by atoms with Crippen LogP contribution in [0.5, 0.6) is 11.5 Å². The van der Waals surface area contributed by atoms with E-state index >= 15 is 0 Å². The lowest BCUT2D eigenvalue weighted by atomic mass is 10.2. The highest BCUT2D eigenvalue weighted by molar-refractivity contribution is 5.40. The van der Waals surface area contributed by atoms with Crippen LogP contribution in [0.15, 0.2) is 18.2 Å². The van der Waals surface area contributed by atoms with E-state index in [9.17, 15) is 0 Å². The molecule has 0 bridgehead atoms. The fourth-order valence-electron chi connectivity index (χ4n) is 1.77. The molecule has 0 aliphatic rings. The van der Waals surface area contributed by atoms with Gasteiger partial charge >= 0.3 is 0 Å². The summed E-state index contributed by atoms with van der Waals surface area (Å²) in [5, 5.41) is 3.14. The first-order valence-electron chi connectivity index (χ1n) is 7.41. The summed E-state index contributed by atoms with van der Waals surface area (Å²) < 4.78 is 21.8. The summed E-state index contributed by atoms with van der Waals surface area (Å²) in [7, 11) is 3.57. The minimum absolute atomic E-state index is 0.512. The van der Waals surface area contributed by atoms with Gasteiger partial charge in [0.15, 0.2) is 0 Å². The Bertz CT molecular complexity index is 385. The largest absolute Gasteiger partial charge is 0.493 e. The topological polar surface area (TPSA) is 49.0 Å². The predicted molar refractivity (Wildman–Crippen MR) is 83.2 cm³/mol. The average molecular weight is 297 g/mol. The highest BCUT2D eigenvalue weighted by Gasteiger charge is 2.06. The molecule has 0 aromatic heterocycles. The van der Waals surface area contributed by atoms with Crippen molar-refractivity contribution >= 4 is 0 Å². The Morgan fingerprint density at radius 1 is 1.00 bits per heavy atom. The van der Waals surface area contributed by atoms with Crippen molar-refractivity contribution in [3.8, 4) is 11.5 Å². The number of ether oxygens (including phenoxy) is 4. The Kier molecular flexibility index (Phi) is 9.61. The van der Waals surface area contributed by atoms with E-state index in [-0.39, 0.29) is 0 Å². The Hall–Kier alpha value is -1.30. The van der Waals surface area contributed by atoms with Crippen molar-refractivity contribution in [3.63, 3.8) is 0 Å². The molecule has 1 rings (SSSR count). The zero-order chi connectivity index (χ0) is 15.3. The maximum atomic E-state index is 5.80. The third-order valence-electron chi connectivity index (χ3n) is 2.80. The summed E-state index contributed by atoms with van der Waals surface area (Å²) >= 11 is 0. The van der Waals surface area contributed by atoms with Crippen LogP contribution in [0.3, 0.4) is 0 Å².